The smallest absolute Gasteiger partial charge is 0.267 e. The molecule has 0 radical (unpaired) electrons. The number of carbonyl (C=O) groups is 2. The normalized spacial score (nSPS) is 17.1. The van der Waals surface area contributed by atoms with Crippen LogP contribution in [0.25, 0.3) is 10.8 Å². The summed E-state index contributed by atoms with van der Waals surface area (Å²) in [4.78, 5) is 25.3. The molecule has 0 unspecified atom stereocenters. The van der Waals surface area contributed by atoms with Crippen molar-refractivity contribution in [1.82, 2.24) is 4.31 Å². The van der Waals surface area contributed by atoms with E-state index >= 15 is 0 Å². The van der Waals surface area contributed by atoms with E-state index in [1.807, 2.05) is 36.4 Å². The maximum atomic E-state index is 12.9. The molecule has 1 aliphatic rings. The molecule has 3 aromatic rings. The van der Waals surface area contributed by atoms with E-state index in [9.17, 15) is 18.0 Å². The van der Waals surface area contributed by atoms with Gasteiger partial charge in [-0.2, -0.15) is 0 Å². The number of anilines is 1. The SMILES string of the molecule is O=C(Nc1cccc2ccccc12)[C@H]1CCC(=O)N1S(=O)(=O)c1ccccc1. The van der Waals surface area contributed by atoms with Crippen molar-refractivity contribution >= 4 is 38.3 Å². The quantitative estimate of drug-likeness (QED) is 0.737. The Morgan fingerprint density at radius 3 is 2.39 bits per heavy atom. The summed E-state index contributed by atoms with van der Waals surface area (Å²) in [7, 11) is -4.09. The number of hydrogen-bond donors (Lipinski definition) is 1. The van der Waals surface area contributed by atoms with E-state index in [0.29, 0.717) is 5.69 Å². The predicted octanol–water partition coefficient (Wildman–Crippen LogP) is 3.16. The molecule has 1 atom stereocenters. The van der Waals surface area contributed by atoms with Gasteiger partial charge in [-0.25, -0.2) is 12.7 Å². The second kappa shape index (κ2) is 7.09. The van der Waals surface area contributed by atoms with Gasteiger partial charge in [0.05, 0.1) is 4.90 Å². The molecule has 1 heterocycles. The first-order valence-corrected chi connectivity index (χ1v) is 10.3. The molecule has 0 aliphatic carbocycles. The van der Waals surface area contributed by atoms with Crippen LogP contribution in [0.5, 0.6) is 0 Å². The molecule has 3 aromatic carbocycles. The molecule has 4 rings (SSSR count). The number of fused-ring (bicyclic) bond motifs is 1. The van der Waals surface area contributed by atoms with Crippen LogP contribution in [-0.2, 0) is 19.6 Å². The Morgan fingerprint density at radius 2 is 1.61 bits per heavy atom. The van der Waals surface area contributed by atoms with Crippen LogP contribution in [0.1, 0.15) is 12.8 Å². The van der Waals surface area contributed by atoms with Crippen molar-refractivity contribution in [3.05, 3.63) is 72.8 Å². The fraction of sp³-hybridized carbons (Fsp3) is 0.143. The summed E-state index contributed by atoms with van der Waals surface area (Å²) in [5.41, 5.74) is 0.583. The average Bonchev–Trinajstić information content (AvgIpc) is 3.11. The van der Waals surface area contributed by atoms with E-state index in [4.69, 9.17) is 0 Å². The van der Waals surface area contributed by atoms with Crippen LogP contribution in [0.2, 0.25) is 0 Å². The molecule has 1 fully saturated rings. The van der Waals surface area contributed by atoms with E-state index in [0.717, 1.165) is 15.1 Å². The van der Waals surface area contributed by atoms with Crippen molar-refractivity contribution < 1.29 is 18.0 Å². The minimum Gasteiger partial charge on any atom is -0.324 e. The summed E-state index contributed by atoms with van der Waals surface area (Å²) in [5.74, 6) is -1.08. The number of hydrogen-bond acceptors (Lipinski definition) is 4. The van der Waals surface area contributed by atoms with Crippen molar-refractivity contribution in [2.45, 2.75) is 23.8 Å². The first-order chi connectivity index (χ1) is 13.5. The van der Waals surface area contributed by atoms with E-state index in [1.165, 1.54) is 12.1 Å². The molecule has 6 nitrogen and oxygen atoms in total. The lowest BCUT2D eigenvalue weighted by Gasteiger charge is -2.24. The van der Waals surface area contributed by atoms with Gasteiger partial charge in [-0.1, -0.05) is 54.6 Å². The third kappa shape index (κ3) is 3.14. The van der Waals surface area contributed by atoms with E-state index in [1.54, 1.807) is 24.3 Å². The Balaban J connectivity index is 1.66. The largest absolute Gasteiger partial charge is 0.324 e. The summed E-state index contributed by atoms with van der Waals surface area (Å²) in [6.45, 7) is 0. The summed E-state index contributed by atoms with van der Waals surface area (Å²) < 4.78 is 26.6. The van der Waals surface area contributed by atoms with E-state index in [-0.39, 0.29) is 17.7 Å². The number of carbonyl (C=O) groups excluding carboxylic acids is 2. The molecular weight excluding hydrogens is 376 g/mol. The molecule has 1 saturated heterocycles. The molecule has 1 aliphatic heterocycles. The Morgan fingerprint density at radius 1 is 0.929 bits per heavy atom. The van der Waals surface area contributed by atoms with Gasteiger partial charge < -0.3 is 5.32 Å². The molecule has 0 saturated carbocycles. The van der Waals surface area contributed by atoms with Crippen LogP contribution in [0.15, 0.2) is 77.7 Å². The molecule has 0 aromatic heterocycles. The van der Waals surface area contributed by atoms with Crippen molar-refractivity contribution in [3.63, 3.8) is 0 Å². The van der Waals surface area contributed by atoms with Gasteiger partial charge in [-0.15, -0.1) is 0 Å². The average molecular weight is 394 g/mol. The fourth-order valence-electron chi connectivity index (χ4n) is 3.46. The fourth-order valence-corrected chi connectivity index (χ4v) is 5.08. The standard InChI is InChI=1S/C21H18N2O4S/c24-20-14-13-19(23(20)28(26,27)16-9-2-1-3-10-16)21(25)22-18-12-6-8-15-7-4-5-11-17(15)18/h1-12,19H,13-14H2,(H,22,25)/t19-/m1/s1. The van der Waals surface area contributed by atoms with E-state index < -0.39 is 27.9 Å². The van der Waals surface area contributed by atoms with Crippen LogP contribution >= 0.6 is 0 Å². The van der Waals surface area contributed by atoms with Crippen LogP contribution < -0.4 is 5.32 Å². The number of rotatable bonds is 4. The van der Waals surface area contributed by atoms with Crippen LogP contribution in [0.3, 0.4) is 0 Å². The summed E-state index contributed by atoms with van der Waals surface area (Å²) in [6.07, 6.45) is 0.168. The highest BCUT2D eigenvalue weighted by atomic mass is 32.2. The Kier molecular flexibility index (Phi) is 4.60. The number of benzene rings is 3. The number of nitrogens with zero attached hydrogens (tertiary/aromatic N) is 1. The summed E-state index contributed by atoms with van der Waals surface area (Å²) in [5, 5.41) is 4.61. The van der Waals surface area contributed by atoms with Crippen molar-refractivity contribution in [3.8, 4) is 0 Å². The van der Waals surface area contributed by atoms with Gasteiger partial charge in [0.15, 0.2) is 0 Å². The highest BCUT2D eigenvalue weighted by molar-refractivity contribution is 7.89. The minimum atomic E-state index is -4.09. The Hall–Kier alpha value is -3.19. The predicted molar refractivity (Wildman–Crippen MR) is 106 cm³/mol. The monoisotopic (exact) mass is 394 g/mol. The van der Waals surface area contributed by atoms with Crippen LogP contribution in [0, 0.1) is 0 Å². The Labute approximate surface area is 162 Å². The van der Waals surface area contributed by atoms with Gasteiger partial charge in [0, 0.05) is 17.5 Å². The van der Waals surface area contributed by atoms with Gasteiger partial charge >= 0.3 is 0 Å². The van der Waals surface area contributed by atoms with Gasteiger partial charge in [0.25, 0.3) is 10.0 Å². The maximum Gasteiger partial charge on any atom is 0.267 e. The zero-order valence-corrected chi connectivity index (χ0v) is 15.7. The first kappa shape index (κ1) is 18.2. The van der Waals surface area contributed by atoms with Crippen LogP contribution in [-0.4, -0.2) is 30.6 Å². The zero-order valence-electron chi connectivity index (χ0n) is 14.9. The maximum absolute atomic E-state index is 12.9. The van der Waals surface area contributed by atoms with Gasteiger partial charge in [-0.05, 0) is 30.0 Å². The third-order valence-corrected chi connectivity index (χ3v) is 6.65. The molecule has 142 valence electrons. The molecule has 1 N–H and O–H groups in total. The summed E-state index contributed by atoms with van der Waals surface area (Å²) >= 11 is 0. The molecule has 0 spiro atoms. The van der Waals surface area contributed by atoms with Crippen molar-refractivity contribution in [2.24, 2.45) is 0 Å². The lowest BCUT2D eigenvalue weighted by molar-refractivity contribution is -0.128. The third-order valence-electron chi connectivity index (χ3n) is 4.81. The molecule has 0 bridgehead atoms. The van der Waals surface area contributed by atoms with Crippen molar-refractivity contribution in [2.75, 3.05) is 5.32 Å². The molecule has 28 heavy (non-hydrogen) atoms. The van der Waals surface area contributed by atoms with Gasteiger partial charge in [-0.3, -0.25) is 9.59 Å². The van der Waals surface area contributed by atoms with Gasteiger partial charge in [0.1, 0.15) is 6.04 Å². The topological polar surface area (TPSA) is 83.6 Å². The minimum absolute atomic E-state index is 0.00629. The number of amides is 2. The van der Waals surface area contributed by atoms with Crippen molar-refractivity contribution in [1.29, 1.82) is 0 Å². The highest BCUT2D eigenvalue weighted by Crippen LogP contribution is 2.29. The first-order valence-electron chi connectivity index (χ1n) is 8.89. The molecule has 2 amide bonds. The Bertz CT molecular complexity index is 1150. The second-order valence-electron chi connectivity index (χ2n) is 6.58. The summed E-state index contributed by atoms with van der Waals surface area (Å²) in [6, 6.07) is 19.7. The van der Waals surface area contributed by atoms with Gasteiger partial charge in [0.2, 0.25) is 11.8 Å². The molecule has 7 heteroatoms. The van der Waals surface area contributed by atoms with Crippen LogP contribution in [0.4, 0.5) is 5.69 Å². The zero-order chi connectivity index (χ0) is 19.7. The number of sulfonamides is 1. The second-order valence-corrected chi connectivity index (χ2v) is 8.39. The number of nitrogens with one attached hydrogen (secondary N) is 1. The lowest BCUT2D eigenvalue weighted by Crippen LogP contribution is -2.45. The van der Waals surface area contributed by atoms with E-state index in [2.05, 4.69) is 5.32 Å². The lowest BCUT2D eigenvalue weighted by atomic mass is 10.1. The highest BCUT2D eigenvalue weighted by Gasteiger charge is 2.44. The molecular formula is C21H18N2O4S.